The summed E-state index contributed by atoms with van der Waals surface area (Å²) in [5, 5.41) is 12.3. The van der Waals surface area contributed by atoms with Crippen molar-refractivity contribution in [2.24, 2.45) is 5.92 Å². The van der Waals surface area contributed by atoms with Crippen molar-refractivity contribution in [1.29, 1.82) is 0 Å². The highest BCUT2D eigenvalue weighted by Gasteiger charge is 2.45. The summed E-state index contributed by atoms with van der Waals surface area (Å²) in [5.41, 5.74) is 3.05. The number of carbonyl (C=O) groups excluding carboxylic acids is 3. The van der Waals surface area contributed by atoms with Crippen molar-refractivity contribution in [1.82, 2.24) is 15.1 Å². The number of amides is 3. The van der Waals surface area contributed by atoms with Crippen molar-refractivity contribution in [3.05, 3.63) is 70.8 Å². The molecule has 2 aromatic carbocycles. The zero-order valence-corrected chi connectivity index (χ0v) is 20.1. The number of aryl methyl sites for hydroxylation is 2. The van der Waals surface area contributed by atoms with E-state index in [0.717, 1.165) is 24.0 Å². The summed E-state index contributed by atoms with van der Waals surface area (Å²) in [6, 6.07) is 13.6. The molecular weight excluding hydrogens is 446 g/mol. The van der Waals surface area contributed by atoms with Gasteiger partial charge in [0.15, 0.2) is 6.17 Å². The Morgan fingerprint density at radius 2 is 1.66 bits per heavy atom. The number of benzene rings is 2. The lowest BCUT2D eigenvalue weighted by Crippen LogP contribution is -2.64. The molecule has 184 valence electrons. The molecule has 8 nitrogen and oxygen atoms in total. The van der Waals surface area contributed by atoms with Crippen LogP contribution in [-0.4, -0.2) is 57.9 Å². The van der Waals surface area contributed by atoms with Gasteiger partial charge in [0, 0.05) is 24.6 Å². The zero-order chi connectivity index (χ0) is 25.1. The van der Waals surface area contributed by atoms with Crippen molar-refractivity contribution >= 4 is 23.7 Å². The van der Waals surface area contributed by atoms with Gasteiger partial charge in [-0.15, -0.1) is 0 Å². The Hall–Kier alpha value is -3.68. The van der Waals surface area contributed by atoms with Gasteiger partial charge in [0.05, 0.1) is 12.5 Å². The fourth-order valence-corrected chi connectivity index (χ4v) is 4.54. The van der Waals surface area contributed by atoms with E-state index in [9.17, 15) is 24.3 Å². The first-order chi connectivity index (χ1) is 16.7. The summed E-state index contributed by atoms with van der Waals surface area (Å²) in [7, 11) is 0. The summed E-state index contributed by atoms with van der Waals surface area (Å²) in [5.74, 6) is -2.18. The van der Waals surface area contributed by atoms with Crippen LogP contribution in [0.1, 0.15) is 58.8 Å². The van der Waals surface area contributed by atoms with E-state index < -0.39 is 24.1 Å². The lowest BCUT2D eigenvalue weighted by Gasteiger charge is -2.43. The molecule has 3 amide bonds. The molecule has 2 aromatic rings. The molecule has 35 heavy (non-hydrogen) atoms. The molecule has 1 aliphatic heterocycles. The first-order valence-corrected chi connectivity index (χ1v) is 12.0. The maximum Gasteiger partial charge on any atom is 0.305 e. The van der Waals surface area contributed by atoms with Gasteiger partial charge >= 0.3 is 5.97 Å². The maximum absolute atomic E-state index is 13.7. The molecule has 0 bridgehead atoms. The summed E-state index contributed by atoms with van der Waals surface area (Å²) in [6.07, 6.45) is 0.675. The number of carbonyl (C=O) groups is 4. The summed E-state index contributed by atoms with van der Waals surface area (Å²) in [4.78, 5) is 54.8. The Morgan fingerprint density at radius 1 is 0.971 bits per heavy atom. The van der Waals surface area contributed by atoms with E-state index in [-0.39, 0.29) is 24.2 Å². The normalized spacial score (nSPS) is 18.6. The van der Waals surface area contributed by atoms with Crippen LogP contribution in [-0.2, 0) is 14.4 Å². The third-order valence-electron chi connectivity index (χ3n) is 6.53. The van der Waals surface area contributed by atoms with Crippen LogP contribution in [0.15, 0.2) is 48.5 Å². The Morgan fingerprint density at radius 3 is 2.29 bits per heavy atom. The summed E-state index contributed by atoms with van der Waals surface area (Å²) < 4.78 is 0. The Labute approximate surface area is 204 Å². The first kappa shape index (κ1) is 24.4. The minimum atomic E-state index is -1.13. The third kappa shape index (κ3) is 5.70. The molecule has 1 heterocycles. The fraction of sp³-hybridized carbons (Fsp3) is 0.407. The number of nitrogens with zero attached hydrogens (tertiary/aromatic N) is 2. The van der Waals surface area contributed by atoms with Gasteiger partial charge in [0.1, 0.15) is 0 Å². The standard InChI is InChI=1S/C27H31N3O5/c1-17-7-9-19(10-8-17)26(34)29-13-4-14-30(27(35)20-11-12-20)25(29)24(33)28-22(16-23(31)32)21-6-3-5-18(2)15-21/h3,5-10,15,20,22,25H,4,11-14,16H2,1-2H3,(H,28,33)(H,31,32). The second-order valence-corrected chi connectivity index (χ2v) is 9.47. The Bertz CT molecular complexity index is 1130. The molecule has 1 aliphatic carbocycles. The van der Waals surface area contributed by atoms with Crippen molar-refractivity contribution < 1.29 is 24.3 Å². The summed E-state index contributed by atoms with van der Waals surface area (Å²) >= 11 is 0. The number of rotatable bonds is 7. The largest absolute Gasteiger partial charge is 0.481 e. The molecule has 4 rings (SSSR count). The number of hydrogen-bond donors (Lipinski definition) is 2. The van der Waals surface area contributed by atoms with E-state index in [1.807, 2.05) is 44.2 Å². The molecule has 0 spiro atoms. The zero-order valence-electron chi connectivity index (χ0n) is 20.1. The van der Waals surface area contributed by atoms with E-state index in [4.69, 9.17) is 0 Å². The molecule has 2 atom stereocenters. The predicted octanol–water partition coefficient (Wildman–Crippen LogP) is 3.05. The van der Waals surface area contributed by atoms with E-state index in [2.05, 4.69) is 5.32 Å². The van der Waals surface area contributed by atoms with Gasteiger partial charge in [-0.05, 0) is 50.8 Å². The van der Waals surface area contributed by atoms with E-state index in [1.165, 1.54) is 9.80 Å². The molecule has 2 fully saturated rings. The van der Waals surface area contributed by atoms with Gasteiger partial charge < -0.3 is 20.2 Å². The van der Waals surface area contributed by atoms with E-state index >= 15 is 0 Å². The lowest BCUT2D eigenvalue weighted by molar-refractivity contribution is -0.151. The lowest BCUT2D eigenvalue weighted by atomic mass is 10.0. The highest BCUT2D eigenvalue weighted by atomic mass is 16.4. The van der Waals surface area contributed by atoms with E-state index in [1.54, 1.807) is 18.2 Å². The molecule has 8 heteroatoms. The Kier molecular flexibility index (Phi) is 7.19. The Balaban J connectivity index is 1.65. The quantitative estimate of drug-likeness (QED) is 0.638. The van der Waals surface area contributed by atoms with Crippen LogP contribution in [0.2, 0.25) is 0 Å². The van der Waals surface area contributed by atoms with Crippen LogP contribution in [0.4, 0.5) is 0 Å². The van der Waals surface area contributed by atoms with Crippen molar-refractivity contribution in [2.45, 2.75) is 51.7 Å². The van der Waals surface area contributed by atoms with Crippen molar-refractivity contribution in [3.63, 3.8) is 0 Å². The highest BCUT2D eigenvalue weighted by Crippen LogP contribution is 2.33. The fourth-order valence-electron chi connectivity index (χ4n) is 4.54. The number of hydrogen-bond acceptors (Lipinski definition) is 4. The molecular formula is C27H31N3O5. The number of carboxylic acid groups (broad SMARTS) is 1. The monoisotopic (exact) mass is 477 g/mol. The molecule has 1 saturated carbocycles. The number of carboxylic acids is 1. The van der Waals surface area contributed by atoms with Crippen molar-refractivity contribution in [3.8, 4) is 0 Å². The van der Waals surface area contributed by atoms with Gasteiger partial charge in [-0.2, -0.15) is 0 Å². The molecule has 2 N–H and O–H groups in total. The van der Waals surface area contributed by atoms with Crippen LogP contribution in [0, 0.1) is 19.8 Å². The minimum absolute atomic E-state index is 0.119. The van der Waals surface area contributed by atoms with Gasteiger partial charge in [-0.3, -0.25) is 19.2 Å². The minimum Gasteiger partial charge on any atom is -0.481 e. The number of aliphatic carboxylic acids is 1. The van der Waals surface area contributed by atoms with Crippen LogP contribution in [0.25, 0.3) is 0 Å². The van der Waals surface area contributed by atoms with Crippen LogP contribution in [0.3, 0.4) is 0 Å². The molecule has 0 radical (unpaired) electrons. The average Bonchev–Trinajstić information content (AvgIpc) is 3.68. The maximum atomic E-state index is 13.7. The van der Waals surface area contributed by atoms with Gasteiger partial charge in [0.25, 0.3) is 11.8 Å². The van der Waals surface area contributed by atoms with Crippen LogP contribution >= 0.6 is 0 Å². The SMILES string of the molecule is Cc1ccc(C(=O)N2CCCN(C(=O)C3CC3)C2C(=O)NC(CC(=O)O)c2cccc(C)c2)cc1. The molecule has 0 aromatic heterocycles. The average molecular weight is 478 g/mol. The molecule has 1 saturated heterocycles. The first-order valence-electron chi connectivity index (χ1n) is 12.0. The highest BCUT2D eigenvalue weighted by molar-refractivity contribution is 5.99. The van der Waals surface area contributed by atoms with E-state index in [0.29, 0.717) is 30.6 Å². The van der Waals surface area contributed by atoms with Gasteiger partial charge in [-0.25, -0.2) is 0 Å². The second kappa shape index (κ2) is 10.3. The molecule has 2 aliphatic rings. The third-order valence-corrected chi connectivity index (χ3v) is 6.53. The molecule has 2 unspecified atom stereocenters. The van der Waals surface area contributed by atoms with Gasteiger partial charge in [-0.1, -0.05) is 47.5 Å². The van der Waals surface area contributed by atoms with Crippen molar-refractivity contribution in [2.75, 3.05) is 13.1 Å². The number of nitrogens with one attached hydrogen (secondary N) is 1. The van der Waals surface area contributed by atoms with Crippen LogP contribution < -0.4 is 5.32 Å². The van der Waals surface area contributed by atoms with Gasteiger partial charge in [0.2, 0.25) is 5.91 Å². The predicted molar refractivity (Wildman–Crippen MR) is 129 cm³/mol. The topological polar surface area (TPSA) is 107 Å². The second-order valence-electron chi connectivity index (χ2n) is 9.47. The van der Waals surface area contributed by atoms with Crippen LogP contribution in [0.5, 0.6) is 0 Å². The smallest absolute Gasteiger partial charge is 0.305 e. The summed E-state index contributed by atoms with van der Waals surface area (Å²) in [6.45, 7) is 4.52.